The maximum Gasteiger partial charge on any atom is 0.142 e. The summed E-state index contributed by atoms with van der Waals surface area (Å²) >= 11 is 0. The van der Waals surface area contributed by atoms with Crippen molar-refractivity contribution in [3.8, 4) is 17.1 Å². The molecule has 3 heterocycles. The molecule has 0 bridgehead atoms. The molecule has 0 saturated carbocycles. The van der Waals surface area contributed by atoms with Gasteiger partial charge in [-0.2, -0.15) is 5.10 Å². The first-order valence-corrected chi connectivity index (χ1v) is 6.32. The van der Waals surface area contributed by atoms with Crippen LogP contribution in [0.25, 0.3) is 33.3 Å². The van der Waals surface area contributed by atoms with Gasteiger partial charge in [0, 0.05) is 11.6 Å². The highest BCUT2D eigenvalue weighted by atomic mass is 16.5. The van der Waals surface area contributed by atoms with E-state index < -0.39 is 0 Å². The summed E-state index contributed by atoms with van der Waals surface area (Å²) in [6, 6.07) is 11.9. The number of benzene rings is 1. The van der Waals surface area contributed by atoms with Gasteiger partial charge < -0.3 is 9.72 Å². The van der Waals surface area contributed by atoms with Crippen molar-refractivity contribution < 1.29 is 4.74 Å². The minimum absolute atomic E-state index is 0.818. The van der Waals surface area contributed by atoms with Crippen molar-refractivity contribution in [1.82, 2.24) is 20.2 Å². The average molecular weight is 264 g/mol. The molecular weight excluding hydrogens is 252 g/mol. The molecule has 2 N–H and O–H groups in total. The van der Waals surface area contributed by atoms with Crippen LogP contribution < -0.4 is 4.74 Å². The molecule has 0 aliphatic heterocycles. The number of hydrogen-bond donors (Lipinski definition) is 2. The standard InChI is InChI=1S/C15H12N4O/c1-20-12-6-2-4-9-8-11(17-13(9)12)15-14-10(18-19-15)5-3-7-16-14/h2-8,17H,1H3,(H,18,19). The number of H-pyrrole nitrogens is 2. The molecule has 0 unspecified atom stereocenters. The maximum absolute atomic E-state index is 5.37. The number of methoxy groups -OCH3 is 1. The smallest absolute Gasteiger partial charge is 0.142 e. The lowest BCUT2D eigenvalue weighted by Crippen LogP contribution is -1.84. The van der Waals surface area contributed by atoms with Gasteiger partial charge in [0.25, 0.3) is 0 Å². The van der Waals surface area contributed by atoms with E-state index in [9.17, 15) is 0 Å². The van der Waals surface area contributed by atoms with E-state index in [2.05, 4.69) is 26.2 Å². The molecule has 0 aliphatic carbocycles. The van der Waals surface area contributed by atoms with Gasteiger partial charge in [0.1, 0.15) is 17.0 Å². The van der Waals surface area contributed by atoms with E-state index >= 15 is 0 Å². The number of aromatic amines is 2. The van der Waals surface area contributed by atoms with Crippen LogP contribution in [0.4, 0.5) is 0 Å². The summed E-state index contributed by atoms with van der Waals surface area (Å²) < 4.78 is 5.37. The quantitative estimate of drug-likeness (QED) is 0.584. The third kappa shape index (κ3) is 1.50. The fraction of sp³-hybridized carbons (Fsp3) is 0.0667. The number of rotatable bonds is 2. The Bertz CT molecular complexity index is 906. The summed E-state index contributed by atoms with van der Waals surface area (Å²) in [7, 11) is 1.67. The van der Waals surface area contributed by atoms with Crippen LogP contribution in [0.2, 0.25) is 0 Å². The lowest BCUT2D eigenvalue weighted by atomic mass is 10.2. The predicted molar refractivity (Wildman–Crippen MR) is 77.7 cm³/mol. The van der Waals surface area contributed by atoms with E-state index in [1.165, 1.54) is 0 Å². The third-order valence-electron chi connectivity index (χ3n) is 3.41. The van der Waals surface area contributed by atoms with Gasteiger partial charge >= 0.3 is 0 Å². The summed E-state index contributed by atoms with van der Waals surface area (Å²) in [4.78, 5) is 7.75. The highest BCUT2D eigenvalue weighted by Gasteiger charge is 2.13. The first kappa shape index (κ1) is 11.0. The fourth-order valence-corrected chi connectivity index (χ4v) is 2.47. The summed E-state index contributed by atoms with van der Waals surface area (Å²) in [5, 5.41) is 8.44. The Morgan fingerprint density at radius 2 is 2.10 bits per heavy atom. The first-order valence-electron chi connectivity index (χ1n) is 6.32. The zero-order chi connectivity index (χ0) is 13.5. The van der Waals surface area contributed by atoms with E-state index in [1.54, 1.807) is 13.3 Å². The molecule has 3 aromatic heterocycles. The van der Waals surface area contributed by atoms with Crippen molar-refractivity contribution in [1.29, 1.82) is 0 Å². The molecule has 0 fully saturated rings. The van der Waals surface area contributed by atoms with Crippen molar-refractivity contribution in [2.75, 3.05) is 7.11 Å². The van der Waals surface area contributed by atoms with Crippen LogP contribution in [0.15, 0.2) is 42.6 Å². The van der Waals surface area contributed by atoms with E-state index in [0.29, 0.717) is 0 Å². The maximum atomic E-state index is 5.37. The van der Waals surface area contributed by atoms with Crippen molar-refractivity contribution in [2.45, 2.75) is 0 Å². The number of pyridine rings is 1. The largest absolute Gasteiger partial charge is 0.495 e. The molecule has 0 radical (unpaired) electrons. The Kier molecular flexibility index (Phi) is 2.26. The molecule has 4 aromatic rings. The topological polar surface area (TPSA) is 66.6 Å². The summed E-state index contributed by atoms with van der Waals surface area (Å²) in [5.41, 5.74) is 4.50. The van der Waals surface area contributed by atoms with Gasteiger partial charge in [-0.1, -0.05) is 12.1 Å². The zero-order valence-electron chi connectivity index (χ0n) is 10.8. The number of fused-ring (bicyclic) bond motifs is 2. The molecule has 0 spiro atoms. The number of para-hydroxylation sites is 1. The first-order chi connectivity index (χ1) is 9.86. The van der Waals surface area contributed by atoms with E-state index in [1.807, 2.05) is 30.3 Å². The van der Waals surface area contributed by atoms with Crippen LogP contribution >= 0.6 is 0 Å². The minimum Gasteiger partial charge on any atom is -0.495 e. The van der Waals surface area contributed by atoms with Gasteiger partial charge in [-0.15, -0.1) is 0 Å². The van der Waals surface area contributed by atoms with E-state index in [0.717, 1.165) is 39.1 Å². The molecule has 5 heteroatoms. The molecule has 20 heavy (non-hydrogen) atoms. The van der Waals surface area contributed by atoms with E-state index in [-0.39, 0.29) is 0 Å². The molecule has 1 aromatic carbocycles. The zero-order valence-corrected chi connectivity index (χ0v) is 10.8. The highest BCUT2D eigenvalue weighted by Crippen LogP contribution is 2.31. The summed E-state index contributed by atoms with van der Waals surface area (Å²) in [6.45, 7) is 0. The fourth-order valence-electron chi connectivity index (χ4n) is 2.47. The highest BCUT2D eigenvalue weighted by molar-refractivity contribution is 5.95. The lowest BCUT2D eigenvalue weighted by molar-refractivity contribution is 0.419. The molecule has 0 saturated heterocycles. The van der Waals surface area contributed by atoms with Crippen LogP contribution in [0.1, 0.15) is 0 Å². The Balaban J connectivity index is 1.98. The van der Waals surface area contributed by atoms with Crippen LogP contribution in [0.5, 0.6) is 5.75 Å². The minimum atomic E-state index is 0.818. The van der Waals surface area contributed by atoms with Crippen LogP contribution in [-0.4, -0.2) is 27.3 Å². The Labute approximate surface area is 114 Å². The Hall–Kier alpha value is -2.82. The molecule has 0 atom stereocenters. The number of ether oxygens (including phenoxy) is 1. The molecule has 98 valence electrons. The van der Waals surface area contributed by atoms with Crippen molar-refractivity contribution in [3.63, 3.8) is 0 Å². The lowest BCUT2D eigenvalue weighted by Gasteiger charge is -1.99. The number of nitrogens with zero attached hydrogens (tertiary/aromatic N) is 2. The average Bonchev–Trinajstić information content (AvgIpc) is 3.10. The van der Waals surface area contributed by atoms with Crippen molar-refractivity contribution in [3.05, 3.63) is 42.6 Å². The molecule has 5 nitrogen and oxygen atoms in total. The Morgan fingerprint density at radius 1 is 1.15 bits per heavy atom. The van der Waals surface area contributed by atoms with Crippen molar-refractivity contribution >= 4 is 21.9 Å². The SMILES string of the molecule is COc1cccc2cc(-c3n[nH]c4cccnc34)[nH]c12. The second-order valence-electron chi connectivity index (χ2n) is 4.58. The van der Waals surface area contributed by atoms with Gasteiger partial charge in [-0.3, -0.25) is 10.1 Å². The molecular formula is C15H12N4O. The van der Waals surface area contributed by atoms with Crippen molar-refractivity contribution in [2.24, 2.45) is 0 Å². The number of aromatic nitrogens is 4. The monoisotopic (exact) mass is 264 g/mol. The number of nitrogens with one attached hydrogen (secondary N) is 2. The predicted octanol–water partition coefficient (Wildman–Crippen LogP) is 3.11. The van der Waals surface area contributed by atoms with Gasteiger partial charge in [-0.05, 0) is 24.3 Å². The molecule has 0 aliphatic rings. The number of hydrogen-bond acceptors (Lipinski definition) is 3. The Morgan fingerprint density at radius 3 is 3.00 bits per heavy atom. The van der Waals surface area contributed by atoms with Gasteiger partial charge in [0.2, 0.25) is 0 Å². The second-order valence-corrected chi connectivity index (χ2v) is 4.58. The normalized spacial score (nSPS) is 11.2. The van der Waals surface area contributed by atoms with Gasteiger partial charge in [-0.25, -0.2) is 0 Å². The molecule has 0 amide bonds. The second kappa shape index (κ2) is 4.09. The summed E-state index contributed by atoms with van der Waals surface area (Å²) in [5.74, 6) is 0.821. The van der Waals surface area contributed by atoms with Gasteiger partial charge in [0.15, 0.2) is 0 Å². The summed E-state index contributed by atoms with van der Waals surface area (Å²) in [6.07, 6.45) is 1.77. The van der Waals surface area contributed by atoms with Gasteiger partial charge in [0.05, 0.1) is 23.8 Å². The van der Waals surface area contributed by atoms with Crippen LogP contribution in [0.3, 0.4) is 0 Å². The van der Waals surface area contributed by atoms with E-state index in [4.69, 9.17) is 4.74 Å². The third-order valence-corrected chi connectivity index (χ3v) is 3.41. The van der Waals surface area contributed by atoms with Crippen LogP contribution in [0, 0.1) is 0 Å². The van der Waals surface area contributed by atoms with Crippen LogP contribution in [-0.2, 0) is 0 Å². The molecule has 4 rings (SSSR count).